The van der Waals surface area contributed by atoms with E-state index in [1.807, 2.05) is 0 Å². The molecule has 106 valence electrons. The zero-order chi connectivity index (χ0) is 14.4. The standard InChI is InChI=1S/C14H22N2O3/c1-9(2)8-16-13(14(15)17)11-6-5-10(18-3)7-12(11)19-4/h5-7,9,13,16H,8H2,1-4H3,(H2,15,17). The number of carbonyl (C=O) groups excluding carboxylic acids is 1. The van der Waals surface area contributed by atoms with Gasteiger partial charge in [0.2, 0.25) is 5.91 Å². The number of carbonyl (C=O) groups is 1. The Bertz CT molecular complexity index is 433. The minimum atomic E-state index is -0.566. The van der Waals surface area contributed by atoms with E-state index >= 15 is 0 Å². The van der Waals surface area contributed by atoms with Crippen molar-refractivity contribution in [3.8, 4) is 11.5 Å². The summed E-state index contributed by atoms with van der Waals surface area (Å²) in [6.07, 6.45) is 0. The number of methoxy groups -OCH3 is 2. The fraction of sp³-hybridized carbons (Fsp3) is 0.500. The summed E-state index contributed by atoms with van der Waals surface area (Å²) in [5.41, 5.74) is 6.18. The molecule has 0 heterocycles. The predicted molar refractivity (Wildman–Crippen MR) is 74.3 cm³/mol. The molecule has 0 aliphatic heterocycles. The van der Waals surface area contributed by atoms with Crippen molar-refractivity contribution in [2.45, 2.75) is 19.9 Å². The molecule has 1 rings (SSSR count). The Morgan fingerprint density at radius 1 is 1.32 bits per heavy atom. The zero-order valence-electron chi connectivity index (χ0n) is 11.9. The summed E-state index contributed by atoms with van der Waals surface area (Å²) >= 11 is 0. The van der Waals surface area contributed by atoms with Crippen LogP contribution in [0.4, 0.5) is 0 Å². The number of amides is 1. The van der Waals surface area contributed by atoms with Gasteiger partial charge in [-0.2, -0.15) is 0 Å². The zero-order valence-corrected chi connectivity index (χ0v) is 11.9. The number of benzene rings is 1. The molecule has 3 N–H and O–H groups in total. The summed E-state index contributed by atoms with van der Waals surface area (Å²) in [4.78, 5) is 11.6. The fourth-order valence-corrected chi connectivity index (χ4v) is 1.77. The second-order valence-electron chi connectivity index (χ2n) is 4.75. The number of nitrogens with two attached hydrogens (primary N) is 1. The van der Waals surface area contributed by atoms with Crippen molar-refractivity contribution < 1.29 is 14.3 Å². The Balaban J connectivity index is 3.04. The van der Waals surface area contributed by atoms with E-state index in [2.05, 4.69) is 19.2 Å². The first-order valence-corrected chi connectivity index (χ1v) is 6.24. The second-order valence-corrected chi connectivity index (χ2v) is 4.75. The molecule has 0 aliphatic rings. The van der Waals surface area contributed by atoms with Crippen LogP contribution < -0.4 is 20.5 Å². The summed E-state index contributed by atoms with van der Waals surface area (Å²) in [6.45, 7) is 4.83. The lowest BCUT2D eigenvalue weighted by atomic mass is 10.0. The summed E-state index contributed by atoms with van der Waals surface area (Å²) in [7, 11) is 3.13. The third-order valence-corrected chi connectivity index (χ3v) is 2.77. The molecule has 0 aliphatic carbocycles. The van der Waals surface area contributed by atoms with Crippen LogP contribution in [0.5, 0.6) is 11.5 Å². The van der Waals surface area contributed by atoms with Gasteiger partial charge in [-0.1, -0.05) is 13.8 Å². The minimum Gasteiger partial charge on any atom is -0.497 e. The van der Waals surface area contributed by atoms with Crippen molar-refractivity contribution in [1.29, 1.82) is 0 Å². The summed E-state index contributed by atoms with van der Waals surface area (Å²) in [5, 5.41) is 3.15. The summed E-state index contributed by atoms with van der Waals surface area (Å²) in [5.74, 6) is 1.25. The van der Waals surface area contributed by atoms with E-state index in [9.17, 15) is 4.79 Å². The van der Waals surface area contributed by atoms with Crippen molar-refractivity contribution in [2.24, 2.45) is 11.7 Å². The maximum Gasteiger partial charge on any atom is 0.239 e. The SMILES string of the molecule is COc1ccc(C(NCC(C)C)C(N)=O)c(OC)c1. The van der Waals surface area contributed by atoms with E-state index in [4.69, 9.17) is 15.2 Å². The van der Waals surface area contributed by atoms with Crippen LogP contribution in [-0.4, -0.2) is 26.7 Å². The van der Waals surface area contributed by atoms with E-state index in [-0.39, 0.29) is 0 Å². The lowest BCUT2D eigenvalue weighted by molar-refractivity contribution is -0.120. The highest BCUT2D eigenvalue weighted by atomic mass is 16.5. The van der Waals surface area contributed by atoms with E-state index in [0.29, 0.717) is 24.0 Å². The van der Waals surface area contributed by atoms with Gasteiger partial charge in [-0.3, -0.25) is 4.79 Å². The average molecular weight is 266 g/mol. The van der Waals surface area contributed by atoms with E-state index in [1.165, 1.54) is 0 Å². The highest BCUT2D eigenvalue weighted by Gasteiger charge is 2.21. The molecule has 0 radical (unpaired) electrons. The van der Waals surface area contributed by atoms with Crippen LogP contribution in [0.1, 0.15) is 25.5 Å². The summed E-state index contributed by atoms with van der Waals surface area (Å²) in [6, 6.07) is 4.75. The molecule has 1 aromatic carbocycles. The maximum atomic E-state index is 11.6. The van der Waals surface area contributed by atoms with Gasteiger partial charge in [0.05, 0.1) is 14.2 Å². The highest BCUT2D eigenvalue weighted by Crippen LogP contribution is 2.29. The molecular formula is C14H22N2O3. The van der Waals surface area contributed by atoms with Crippen molar-refractivity contribution >= 4 is 5.91 Å². The van der Waals surface area contributed by atoms with Gasteiger partial charge in [-0.05, 0) is 24.6 Å². The molecule has 1 aromatic rings. The van der Waals surface area contributed by atoms with Crippen LogP contribution in [0.15, 0.2) is 18.2 Å². The van der Waals surface area contributed by atoms with Crippen LogP contribution in [0, 0.1) is 5.92 Å². The molecule has 0 saturated heterocycles. The monoisotopic (exact) mass is 266 g/mol. The second kappa shape index (κ2) is 6.99. The van der Waals surface area contributed by atoms with Crippen LogP contribution in [-0.2, 0) is 4.79 Å². The van der Waals surface area contributed by atoms with Gasteiger partial charge in [0.1, 0.15) is 17.5 Å². The number of primary amides is 1. The largest absolute Gasteiger partial charge is 0.497 e. The third kappa shape index (κ3) is 4.13. The Labute approximate surface area is 114 Å². The first-order valence-electron chi connectivity index (χ1n) is 6.24. The molecule has 0 saturated carbocycles. The van der Waals surface area contributed by atoms with Gasteiger partial charge in [0.15, 0.2) is 0 Å². The van der Waals surface area contributed by atoms with Crippen molar-refractivity contribution in [2.75, 3.05) is 20.8 Å². The Hall–Kier alpha value is -1.75. The van der Waals surface area contributed by atoms with Gasteiger partial charge in [0, 0.05) is 11.6 Å². The quantitative estimate of drug-likeness (QED) is 0.784. The summed E-state index contributed by atoms with van der Waals surface area (Å²) < 4.78 is 10.4. The first kappa shape index (κ1) is 15.3. The lowest BCUT2D eigenvalue weighted by Gasteiger charge is -2.20. The molecule has 1 amide bonds. The van der Waals surface area contributed by atoms with Crippen LogP contribution in [0.2, 0.25) is 0 Å². The normalized spacial score (nSPS) is 12.3. The molecule has 5 heteroatoms. The molecule has 19 heavy (non-hydrogen) atoms. The van der Waals surface area contributed by atoms with Crippen LogP contribution in [0.25, 0.3) is 0 Å². The fourth-order valence-electron chi connectivity index (χ4n) is 1.77. The van der Waals surface area contributed by atoms with Crippen molar-refractivity contribution in [3.63, 3.8) is 0 Å². The topological polar surface area (TPSA) is 73.6 Å². The minimum absolute atomic E-state index is 0.422. The van der Waals surface area contributed by atoms with Crippen LogP contribution >= 0.6 is 0 Å². The van der Waals surface area contributed by atoms with Gasteiger partial charge in [0.25, 0.3) is 0 Å². The molecule has 1 unspecified atom stereocenters. The van der Waals surface area contributed by atoms with Gasteiger partial charge in [-0.15, -0.1) is 0 Å². The van der Waals surface area contributed by atoms with Gasteiger partial charge in [-0.25, -0.2) is 0 Å². The highest BCUT2D eigenvalue weighted by molar-refractivity contribution is 5.82. The van der Waals surface area contributed by atoms with E-state index in [1.54, 1.807) is 32.4 Å². The van der Waals surface area contributed by atoms with Crippen molar-refractivity contribution in [3.05, 3.63) is 23.8 Å². The molecular weight excluding hydrogens is 244 g/mol. The first-order chi connectivity index (χ1) is 8.99. The van der Waals surface area contributed by atoms with E-state index < -0.39 is 11.9 Å². The number of hydrogen-bond acceptors (Lipinski definition) is 4. The number of nitrogens with one attached hydrogen (secondary N) is 1. The van der Waals surface area contributed by atoms with Gasteiger partial charge >= 0.3 is 0 Å². The molecule has 0 bridgehead atoms. The number of hydrogen-bond donors (Lipinski definition) is 2. The molecule has 0 fully saturated rings. The number of ether oxygens (including phenoxy) is 2. The average Bonchev–Trinajstić information content (AvgIpc) is 2.38. The molecule has 1 atom stereocenters. The Kier molecular flexibility index (Phi) is 5.63. The molecule has 0 spiro atoms. The van der Waals surface area contributed by atoms with E-state index in [0.717, 1.165) is 5.56 Å². The number of rotatable bonds is 7. The smallest absolute Gasteiger partial charge is 0.239 e. The molecule has 5 nitrogen and oxygen atoms in total. The Morgan fingerprint density at radius 3 is 2.47 bits per heavy atom. The van der Waals surface area contributed by atoms with Crippen LogP contribution in [0.3, 0.4) is 0 Å². The third-order valence-electron chi connectivity index (χ3n) is 2.77. The Morgan fingerprint density at radius 2 is 2.00 bits per heavy atom. The maximum absolute atomic E-state index is 11.6. The van der Waals surface area contributed by atoms with Gasteiger partial charge < -0.3 is 20.5 Å². The molecule has 0 aromatic heterocycles. The predicted octanol–water partition coefficient (Wildman–Crippen LogP) is 1.48. The van der Waals surface area contributed by atoms with Crippen molar-refractivity contribution in [1.82, 2.24) is 5.32 Å². The lowest BCUT2D eigenvalue weighted by Crippen LogP contribution is -2.35.